The van der Waals surface area contributed by atoms with E-state index in [1.165, 1.54) is 123 Å². The molecule has 4 aliphatic heterocycles. The highest BCUT2D eigenvalue weighted by molar-refractivity contribution is 6.09. The van der Waals surface area contributed by atoms with E-state index < -0.39 is 0 Å². The zero-order valence-electron chi connectivity index (χ0n) is 52.2. The van der Waals surface area contributed by atoms with Crippen molar-refractivity contribution in [1.82, 2.24) is 0 Å². The number of nitrogens with zero attached hydrogens (tertiary/aromatic N) is 4. The Bertz CT molecular complexity index is 4100. The molecule has 4 heterocycles. The molecule has 4 aliphatic rings. The van der Waals surface area contributed by atoms with Crippen LogP contribution in [0.3, 0.4) is 0 Å². The molecule has 0 radical (unpaired) electrons. The second kappa shape index (κ2) is 21.5. The van der Waals surface area contributed by atoms with Gasteiger partial charge in [-0.3, -0.25) is 0 Å². The molecule has 430 valence electrons. The lowest BCUT2D eigenvalue weighted by Gasteiger charge is -2.29. The normalized spacial score (nSPS) is 20.1. The van der Waals surface area contributed by atoms with E-state index in [0.717, 1.165) is 37.4 Å². The average molecular weight is 1130 g/mol. The van der Waals surface area contributed by atoms with Crippen LogP contribution in [0.2, 0.25) is 0 Å². The topological polar surface area (TPSA) is 31.0 Å². The minimum absolute atomic E-state index is 0.285. The maximum atomic E-state index is 5.89. The molecule has 0 fully saturated rings. The standard InChI is InChI=1S/C80H80N4O2/c1-53-45-61(85-11)47-65-75(53)81(9)71(79(65,7)49-55-25-15-13-16-26-55)35-23-33-69-77(3,4)73-63-31-21-19-29-59(63)41-43-67(73)83(69)51-57-37-39-58(40-38-57)52-84-68-44-42-60-30-20-22-32-64(60)74(68)78(5,6)70(84)34-24-36-72-80(8,50-56-27-17-14-18-28-56)66-48-62(86-12)46-54(2)76(66)82(72)10/h13-48H,49-52H2,1-12H3/q+2. The second-order valence-corrected chi connectivity index (χ2v) is 26.0. The Morgan fingerprint density at radius 3 is 1.19 bits per heavy atom. The fourth-order valence-electron chi connectivity index (χ4n) is 15.7. The first kappa shape index (κ1) is 56.1. The summed E-state index contributed by atoms with van der Waals surface area (Å²) >= 11 is 0. The number of hydrogen-bond acceptors (Lipinski definition) is 4. The van der Waals surface area contributed by atoms with Crippen LogP contribution in [0.1, 0.15) is 97.2 Å². The number of allylic oxidation sites excluding steroid dienone is 8. The molecule has 86 heavy (non-hydrogen) atoms. The van der Waals surface area contributed by atoms with Crippen molar-refractivity contribution >= 4 is 55.7 Å². The summed E-state index contributed by atoms with van der Waals surface area (Å²) in [6, 6.07) is 67.2. The van der Waals surface area contributed by atoms with Crippen molar-refractivity contribution in [3.8, 4) is 11.5 Å². The van der Waals surface area contributed by atoms with Gasteiger partial charge in [-0.2, -0.15) is 9.15 Å². The summed E-state index contributed by atoms with van der Waals surface area (Å²) in [5.74, 6) is 1.79. The molecule has 0 N–H and O–H groups in total. The van der Waals surface area contributed by atoms with Gasteiger partial charge in [-0.1, -0.05) is 146 Å². The molecule has 6 heteroatoms. The van der Waals surface area contributed by atoms with Crippen molar-refractivity contribution in [1.29, 1.82) is 0 Å². The molecule has 9 aromatic rings. The summed E-state index contributed by atoms with van der Waals surface area (Å²) in [4.78, 5) is 4.83. The van der Waals surface area contributed by atoms with Gasteiger partial charge in [0.05, 0.1) is 25.0 Å². The molecule has 2 atom stereocenters. The zero-order valence-corrected chi connectivity index (χ0v) is 52.2. The average Bonchev–Trinajstić information content (AvgIpc) is 2.28. The maximum Gasteiger partial charge on any atom is 0.210 e. The number of anilines is 2. The molecular formula is C80H80N4O2+2. The smallest absolute Gasteiger partial charge is 0.210 e. The number of fused-ring (bicyclic) bond motifs is 8. The van der Waals surface area contributed by atoms with E-state index in [1.807, 2.05) is 0 Å². The first-order chi connectivity index (χ1) is 41.4. The predicted octanol–water partition coefficient (Wildman–Crippen LogP) is 18.0. The minimum atomic E-state index is -0.294. The lowest BCUT2D eigenvalue weighted by atomic mass is 9.76. The van der Waals surface area contributed by atoms with E-state index in [2.05, 4.69) is 307 Å². The summed E-state index contributed by atoms with van der Waals surface area (Å²) in [6.07, 6.45) is 15.9. The molecule has 9 aromatic carbocycles. The first-order valence-corrected chi connectivity index (χ1v) is 30.6. The molecule has 0 bridgehead atoms. The Hall–Kier alpha value is -9.00. The van der Waals surface area contributed by atoms with Gasteiger partial charge in [0.15, 0.2) is 24.5 Å². The Kier molecular flexibility index (Phi) is 14.0. The number of ether oxygens (including phenoxy) is 2. The van der Waals surface area contributed by atoms with E-state index in [-0.39, 0.29) is 21.7 Å². The molecule has 6 nitrogen and oxygen atoms in total. The zero-order chi connectivity index (χ0) is 59.9. The number of rotatable bonds is 14. The van der Waals surface area contributed by atoms with Gasteiger partial charge in [0.25, 0.3) is 0 Å². The van der Waals surface area contributed by atoms with Gasteiger partial charge in [0.1, 0.15) is 11.5 Å². The van der Waals surface area contributed by atoms with Crippen LogP contribution in [-0.4, -0.2) is 48.9 Å². The molecule has 0 aliphatic carbocycles. The van der Waals surface area contributed by atoms with Crippen LogP contribution in [-0.2, 0) is 47.6 Å². The van der Waals surface area contributed by atoms with Gasteiger partial charge in [0, 0.05) is 94.2 Å². The molecule has 0 amide bonds. The lowest BCUT2D eigenvalue weighted by Crippen LogP contribution is -2.29. The summed E-state index contributed by atoms with van der Waals surface area (Å²) in [5, 5.41) is 5.14. The fourth-order valence-corrected chi connectivity index (χ4v) is 15.7. The monoisotopic (exact) mass is 1130 g/mol. The molecule has 0 saturated heterocycles. The first-order valence-electron chi connectivity index (χ1n) is 30.6. The third kappa shape index (κ3) is 9.22. The van der Waals surface area contributed by atoms with Crippen molar-refractivity contribution in [3.63, 3.8) is 0 Å². The van der Waals surface area contributed by atoms with E-state index in [9.17, 15) is 0 Å². The van der Waals surface area contributed by atoms with Crippen molar-refractivity contribution < 1.29 is 18.6 Å². The van der Waals surface area contributed by atoms with Gasteiger partial charge in [-0.15, -0.1) is 0 Å². The molecule has 2 unspecified atom stereocenters. The Morgan fingerprint density at radius 1 is 0.430 bits per heavy atom. The van der Waals surface area contributed by atoms with Crippen molar-refractivity contribution in [2.24, 2.45) is 0 Å². The van der Waals surface area contributed by atoms with Crippen LogP contribution >= 0.6 is 0 Å². The summed E-state index contributed by atoms with van der Waals surface area (Å²) in [7, 11) is 8.00. The number of benzene rings is 9. The van der Waals surface area contributed by atoms with E-state index >= 15 is 0 Å². The van der Waals surface area contributed by atoms with E-state index in [0.29, 0.717) is 0 Å². The van der Waals surface area contributed by atoms with Crippen LogP contribution in [0.25, 0.3) is 21.5 Å². The number of hydrogen-bond donors (Lipinski definition) is 0. The van der Waals surface area contributed by atoms with E-state index in [4.69, 9.17) is 9.47 Å². The highest BCUT2D eigenvalue weighted by Crippen LogP contribution is 2.54. The Morgan fingerprint density at radius 2 is 0.802 bits per heavy atom. The van der Waals surface area contributed by atoms with Gasteiger partial charge < -0.3 is 19.3 Å². The Balaban J connectivity index is 0.871. The second-order valence-electron chi connectivity index (χ2n) is 26.0. The quantitative estimate of drug-likeness (QED) is 0.102. The van der Waals surface area contributed by atoms with Crippen molar-refractivity contribution in [2.75, 3.05) is 38.1 Å². The molecule has 0 saturated carbocycles. The molecule has 0 spiro atoms. The highest BCUT2D eigenvalue weighted by atomic mass is 16.5. The third-order valence-corrected chi connectivity index (χ3v) is 19.8. The SMILES string of the molecule is COc1cc(C)c2c(c1)C(C)(Cc1ccccc1)/C(=C\C=C\C1=[N+](Cc3ccc(C[N+]4=C(/C=C/C=C5/N(C)c6c(C)cc(OC)cc6C5(C)Cc5ccccc5)C(C)(C)c5c4ccc4ccccc54)cc3)c3ccc4ccccc4c3C1(C)C)N2C. The number of aryl methyl sites for hydroxylation is 2. The van der Waals surface area contributed by atoms with Gasteiger partial charge >= 0.3 is 0 Å². The molecule has 0 aromatic heterocycles. The van der Waals surface area contributed by atoms with E-state index in [1.54, 1.807) is 14.2 Å². The lowest BCUT2D eigenvalue weighted by molar-refractivity contribution is -0.455. The number of likely N-dealkylation sites (N-methyl/N-ethyl adjacent to an activating group) is 2. The predicted molar refractivity (Wildman–Crippen MR) is 359 cm³/mol. The van der Waals surface area contributed by atoms with Crippen molar-refractivity contribution in [3.05, 3.63) is 285 Å². The third-order valence-electron chi connectivity index (χ3n) is 19.8. The van der Waals surface area contributed by atoms with Crippen LogP contribution in [0.4, 0.5) is 22.7 Å². The molecule has 13 rings (SSSR count). The van der Waals surface area contributed by atoms with Crippen LogP contribution in [0, 0.1) is 13.8 Å². The number of methoxy groups -OCH3 is 2. The van der Waals surface area contributed by atoms with Gasteiger partial charge in [-0.05, 0) is 172 Å². The summed E-state index contributed by atoms with van der Waals surface area (Å²) in [5.41, 5.74) is 21.9. The summed E-state index contributed by atoms with van der Waals surface area (Å²) in [6.45, 7) is 20.3. The Labute approximate surface area is 509 Å². The van der Waals surface area contributed by atoms with Gasteiger partial charge in [-0.25, -0.2) is 0 Å². The minimum Gasteiger partial charge on any atom is -0.497 e. The van der Waals surface area contributed by atoms with Crippen LogP contribution < -0.4 is 19.3 Å². The largest absolute Gasteiger partial charge is 0.497 e. The highest BCUT2D eigenvalue weighted by Gasteiger charge is 2.49. The van der Waals surface area contributed by atoms with Crippen molar-refractivity contribution in [2.45, 2.75) is 103 Å². The molecular weight excluding hydrogens is 1050 g/mol. The van der Waals surface area contributed by atoms with Crippen LogP contribution in [0.5, 0.6) is 11.5 Å². The van der Waals surface area contributed by atoms with Crippen LogP contribution in [0.15, 0.2) is 230 Å². The van der Waals surface area contributed by atoms with Gasteiger partial charge in [0.2, 0.25) is 11.4 Å². The maximum absolute atomic E-state index is 5.89. The fraction of sp³-hybridized carbons (Fsp3) is 0.250. The summed E-state index contributed by atoms with van der Waals surface area (Å²) < 4.78 is 16.9.